The van der Waals surface area contributed by atoms with Gasteiger partial charge in [0.05, 0.1) is 5.56 Å². The third-order valence-corrected chi connectivity index (χ3v) is 6.18. The van der Waals surface area contributed by atoms with Crippen LogP contribution in [0.1, 0.15) is 35.1 Å². The molecule has 0 saturated heterocycles. The van der Waals surface area contributed by atoms with E-state index in [0.717, 1.165) is 42.0 Å². The van der Waals surface area contributed by atoms with Crippen molar-refractivity contribution in [2.75, 3.05) is 0 Å². The van der Waals surface area contributed by atoms with Gasteiger partial charge in [-0.2, -0.15) is 0 Å². The maximum atomic E-state index is 10.3. The summed E-state index contributed by atoms with van der Waals surface area (Å²) in [5, 5.41) is 18.8. The molecule has 2 aromatic carbocycles. The molecule has 3 aromatic rings. The molecular formula is C23H22N2OS. The summed E-state index contributed by atoms with van der Waals surface area (Å²) in [6, 6.07) is 18.9. The number of hydrogen-bond acceptors (Lipinski definition) is 4. The van der Waals surface area contributed by atoms with Crippen molar-refractivity contribution in [1.82, 2.24) is 4.98 Å². The number of rotatable bonds is 5. The summed E-state index contributed by atoms with van der Waals surface area (Å²) >= 11 is 1.68. The summed E-state index contributed by atoms with van der Waals surface area (Å²) in [7, 11) is 0. The third-order valence-electron chi connectivity index (χ3n) is 5.11. The van der Waals surface area contributed by atoms with Crippen LogP contribution >= 0.6 is 11.8 Å². The highest BCUT2D eigenvalue weighted by Gasteiger charge is 2.21. The van der Waals surface area contributed by atoms with Crippen molar-refractivity contribution in [1.29, 1.82) is 5.41 Å². The van der Waals surface area contributed by atoms with Crippen LogP contribution in [-0.2, 0) is 18.6 Å². The zero-order chi connectivity index (χ0) is 18.6. The summed E-state index contributed by atoms with van der Waals surface area (Å²) in [5.41, 5.74) is 6.64. The van der Waals surface area contributed by atoms with Crippen LogP contribution < -0.4 is 0 Å². The molecule has 2 N–H and O–H groups in total. The number of nitrogens with one attached hydrogen (secondary N) is 1. The predicted molar refractivity (Wildman–Crippen MR) is 112 cm³/mol. The van der Waals surface area contributed by atoms with Crippen molar-refractivity contribution in [3.63, 3.8) is 0 Å². The maximum Gasteiger partial charge on any atom is 0.221 e. The molecule has 0 amide bonds. The second-order valence-electron chi connectivity index (χ2n) is 6.77. The van der Waals surface area contributed by atoms with Crippen LogP contribution in [0, 0.1) is 5.41 Å². The zero-order valence-electron chi connectivity index (χ0n) is 15.1. The molecule has 1 aromatic heterocycles. The molecule has 0 atom stereocenters. The lowest BCUT2D eigenvalue weighted by Crippen LogP contribution is -2.10. The van der Waals surface area contributed by atoms with Gasteiger partial charge in [-0.25, -0.2) is 4.98 Å². The fraction of sp³-hybridized carbons (Fsp3) is 0.217. The van der Waals surface area contributed by atoms with E-state index in [2.05, 4.69) is 53.5 Å². The van der Waals surface area contributed by atoms with E-state index in [1.165, 1.54) is 28.5 Å². The second-order valence-corrected chi connectivity index (χ2v) is 7.74. The van der Waals surface area contributed by atoms with Crippen LogP contribution in [0.5, 0.6) is 5.88 Å². The summed E-state index contributed by atoms with van der Waals surface area (Å²) in [5.74, 6) is 0.790. The largest absolute Gasteiger partial charge is 0.493 e. The van der Waals surface area contributed by atoms with Crippen LogP contribution in [0.15, 0.2) is 59.6 Å². The van der Waals surface area contributed by atoms with Crippen LogP contribution in [0.2, 0.25) is 0 Å². The Kier molecular flexibility index (Phi) is 5.26. The van der Waals surface area contributed by atoms with E-state index in [0.29, 0.717) is 5.56 Å². The first-order valence-corrected chi connectivity index (χ1v) is 10.3. The Hall–Kier alpha value is -2.59. The van der Waals surface area contributed by atoms with Gasteiger partial charge in [-0.05, 0) is 53.5 Å². The van der Waals surface area contributed by atoms with Gasteiger partial charge in [-0.3, -0.25) is 0 Å². The van der Waals surface area contributed by atoms with Crippen molar-refractivity contribution in [2.24, 2.45) is 0 Å². The van der Waals surface area contributed by atoms with Gasteiger partial charge in [0.1, 0.15) is 5.03 Å². The van der Waals surface area contributed by atoms with E-state index in [9.17, 15) is 5.11 Å². The minimum atomic E-state index is -0.00973. The van der Waals surface area contributed by atoms with E-state index in [1.807, 2.05) is 6.07 Å². The van der Waals surface area contributed by atoms with E-state index >= 15 is 0 Å². The van der Waals surface area contributed by atoms with Crippen LogP contribution in [0.25, 0.3) is 11.1 Å². The standard InChI is InChI=1S/C23H22N2OS/c24-14-21-19-12-6-7-13-20(19)23(25-22(21)26)27-15-17-10-4-5-11-18(17)16-8-2-1-3-9-16/h1-5,8-11,14,24H,6-7,12-13,15H2,(H,25,26). The minimum Gasteiger partial charge on any atom is -0.493 e. The Balaban J connectivity index is 1.66. The number of thioether (sulfide) groups is 1. The Bertz CT molecular complexity index is 970. The van der Waals surface area contributed by atoms with Crippen LogP contribution in [-0.4, -0.2) is 16.3 Å². The lowest BCUT2D eigenvalue weighted by molar-refractivity contribution is 0.443. The average molecular weight is 375 g/mol. The molecule has 0 aliphatic heterocycles. The fourth-order valence-corrected chi connectivity index (χ4v) is 4.85. The molecule has 136 valence electrons. The topological polar surface area (TPSA) is 57.0 Å². The number of fused-ring (bicyclic) bond motifs is 1. The Morgan fingerprint density at radius 2 is 1.67 bits per heavy atom. The van der Waals surface area contributed by atoms with Crippen molar-refractivity contribution in [3.05, 3.63) is 76.9 Å². The first kappa shape index (κ1) is 17.8. The molecule has 3 nitrogen and oxygen atoms in total. The molecule has 0 saturated carbocycles. The molecule has 0 unspecified atom stereocenters. The van der Waals surface area contributed by atoms with Gasteiger partial charge >= 0.3 is 0 Å². The Labute approximate surface area is 164 Å². The Morgan fingerprint density at radius 3 is 2.44 bits per heavy atom. The van der Waals surface area contributed by atoms with Gasteiger partial charge in [-0.1, -0.05) is 54.6 Å². The molecule has 27 heavy (non-hydrogen) atoms. The van der Waals surface area contributed by atoms with Gasteiger partial charge in [-0.15, -0.1) is 11.8 Å². The molecule has 4 rings (SSSR count). The Morgan fingerprint density at radius 1 is 0.963 bits per heavy atom. The molecule has 4 heteroatoms. The highest BCUT2D eigenvalue weighted by molar-refractivity contribution is 7.98. The average Bonchev–Trinajstić information content (AvgIpc) is 2.73. The highest BCUT2D eigenvalue weighted by Crippen LogP contribution is 2.37. The monoisotopic (exact) mass is 374 g/mol. The quantitative estimate of drug-likeness (QED) is 0.450. The minimum absolute atomic E-state index is 0.00973. The van der Waals surface area contributed by atoms with Crippen molar-refractivity contribution in [2.45, 2.75) is 36.5 Å². The second kappa shape index (κ2) is 7.97. The first-order chi connectivity index (χ1) is 13.3. The van der Waals surface area contributed by atoms with Gasteiger partial charge in [0.15, 0.2) is 0 Å². The summed E-state index contributed by atoms with van der Waals surface area (Å²) in [4.78, 5) is 4.44. The molecule has 1 aliphatic carbocycles. The molecule has 1 aliphatic rings. The van der Waals surface area contributed by atoms with E-state index in [4.69, 9.17) is 5.41 Å². The summed E-state index contributed by atoms with van der Waals surface area (Å²) < 4.78 is 0. The number of hydrogen-bond donors (Lipinski definition) is 2. The smallest absolute Gasteiger partial charge is 0.221 e. The van der Waals surface area contributed by atoms with E-state index in [1.54, 1.807) is 11.8 Å². The van der Waals surface area contributed by atoms with Crippen LogP contribution in [0.4, 0.5) is 0 Å². The van der Waals surface area contributed by atoms with Gasteiger partial charge in [0.25, 0.3) is 0 Å². The van der Waals surface area contributed by atoms with Gasteiger partial charge in [0.2, 0.25) is 5.88 Å². The number of aromatic hydroxyl groups is 1. The lowest BCUT2D eigenvalue weighted by Gasteiger charge is -2.21. The molecule has 0 spiro atoms. The van der Waals surface area contributed by atoms with Gasteiger partial charge in [0, 0.05) is 12.0 Å². The maximum absolute atomic E-state index is 10.3. The number of aromatic nitrogens is 1. The highest BCUT2D eigenvalue weighted by atomic mass is 32.2. The third kappa shape index (κ3) is 3.62. The number of benzene rings is 2. The van der Waals surface area contributed by atoms with E-state index in [-0.39, 0.29) is 5.88 Å². The molecule has 0 radical (unpaired) electrons. The molecule has 1 heterocycles. The summed E-state index contributed by atoms with van der Waals surface area (Å²) in [6.07, 6.45) is 5.39. The van der Waals surface area contributed by atoms with E-state index < -0.39 is 0 Å². The van der Waals surface area contributed by atoms with Crippen LogP contribution in [0.3, 0.4) is 0 Å². The molecule has 0 bridgehead atoms. The first-order valence-electron chi connectivity index (χ1n) is 9.29. The van der Waals surface area contributed by atoms with Crippen molar-refractivity contribution >= 4 is 18.0 Å². The fourth-order valence-electron chi connectivity index (χ4n) is 3.76. The van der Waals surface area contributed by atoms with Crippen molar-refractivity contribution < 1.29 is 5.11 Å². The van der Waals surface area contributed by atoms with Gasteiger partial charge < -0.3 is 10.5 Å². The lowest BCUT2D eigenvalue weighted by atomic mass is 9.90. The number of nitrogens with zero attached hydrogens (tertiary/aromatic N) is 1. The SMILES string of the molecule is N=Cc1c(O)nc(SCc2ccccc2-c2ccccc2)c2c1CCCC2. The normalized spacial score (nSPS) is 13.2. The molecular weight excluding hydrogens is 352 g/mol. The van der Waals surface area contributed by atoms with Crippen molar-refractivity contribution in [3.8, 4) is 17.0 Å². The predicted octanol–water partition coefficient (Wildman–Crippen LogP) is 5.62. The zero-order valence-corrected chi connectivity index (χ0v) is 15.9. The summed E-state index contributed by atoms with van der Waals surface area (Å²) in [6.45, 7) is 0. The number of pyridine rings is 1. The molecule has 0 fully saturated rings.